The van der Waals surface area contributed by atoms with Gasteiger partial charge in [0, 0.05) is 29.4 Å². The lowest BCUT2D eigenvalue weighted by Crippen LogP contribution is -2.41. The Morgan fingerprint density at radius 2 is 1.85 bits per heavy atom. The van der Waals surface area contributed by atoms with Crippen molar-refractivity contribution in [3.63, 3.8) is 0 Å². The summed E-state index contributed by atoms with van der Waals surface area (Å²) in [5.41, 5.74) is 2.60. The number of benzene rings is 2. The maximum Gasteiger partial charge on any atom is 0.123 e. The van der Waals surface area contributed by atoms with E-state index in [0.29, 0.717) is 6.54 Å². The quantitative estimate of drug-likeness (QED) is 0.725. The standard InChI is InChI=1S/C22H23FN2O/c1-22(2,24(3)14-15-26)12-10-17-4-9-21-18(16-17)11-13-25(21)20-7-5-19(23)6-8-20/h4-9,11,13,16,26H,14-15H2,1-3H3. The van der Waals surface area contributed by atoms with E-state index < -0.39 is 0 Å². The first-order valence-electron chi connectivity index (χ1n) is 8.63. The van der Waals surface area contributed by atoms with E-state index in [-0.39, 0.29) is 18.0 Å². The summed E-state index contributed by atoms with van der Waals surface area (Å²) in [4.78, 5) is 2.03. The van der Waals surface area contributed by atoms with E-state index in [1.165, 1.54) is 12.1 Å². The fraction of sp³-hybridized carbons (Fsp3) is 0.273. The highest BCUT2D eigenvalue weighted by Gasteiger charge is 2.19. The highest BCUT2D eigenvalue weighted by atomic mass is 19.1. The maximum atomic E-state index is 13.1. The number of aromatic nitrogens is 1. The van der Waals surface area contributed by atoms with Gasteiger partial charge in [-0.2, -0.15) is 0 Å². The SMILES string of the molecule is CN(CCO)C(C)(C)C#Cc1ccc2c(ccn2-c2ccc(F)cc2)c1. The molecule has 0 bridgehead atoms. The summed E-state index contributed by atoms with van der Waals surface area (Å²) in [6.07, 6.45) is 1.98. The Kier molecular flexibility index (Phi) is 5.13. The minimum Gasteiger partial charge on any atom is -0.395 e. The molecule has 1 N–H and O–H groups in total. The first-order valence-corrected chi connectivity index (χ1v) is 8.63. The van der Waals surface area contributed by atoms with Crippen molar-refractivity contribution in [2.24, 2.45) is 0 Å². The number of likely N-dealkylation sites (N-methyl/N-ethyl adjacent to an activating group) is 1. The molecule has 0 aliphatic heterocycles. The van der Waals surface area contributed by atoms with Gasteiger partial charge in [0.15, 0.2) is 0 Å². The van der Waals surface area contributed by atoms with E-state index in [1.54, 1.807) is 12.1 Å². The van der Waals surface area contributed by atoms with Crippen LogP contribution in [0.3, 0.4) is 0 Å². The van der Waals surface area contributed by atoms with Crippen LogP contribution in [0.4, 0.5) is 4.39 Å². The number of hydrogen-bond acceptors (Lipinski definition) is 2. The molecule has 0 saturated heterocycles. The molecule has 4 heteroatoms. The van der Waals surface area contributed by atoms with Gasteiger partial charge in [-0.05, 0) is 69.4 Å². The van der Waals surface area contributed by atoms with E-state index in [2.05, 4.69) is 17.9 Å². The van der Waals surface area contributed by atoms with Gasteiger partial charge in [0.05, 0.1) is 17.7 Å². The first-order chi connectivity index (χ1) is 12.4. The van der Waals surface area contributed by atoms with Crippen LogP contribution in [0.15, 0.2) is 54.7 Å². The molecule has 3 aromatic rings. The molecule has 0 saturated carbocycles. The average Bonchev–Trinajstić information content (AvgIpc) is 3.04. The van der Waals surface area contributed by atoms with Gasteiger partial charge in [0.1, 0.15) is 5.82 Å². The summed E-state index contributed by atoms with van der Waals surface area (Å²) >= 11 is 0. The van der Waals surface area contributed by atoms with Gasteiger partial charge in [-0.1, -0.05) is 11.8 Å². The molecule has 0 aliphatic rings. The Morgan fingerprint density at radius 1 is 1.12 bits per heavy atom. The van der Waals surface area contributed by atoms with E-state index in [0.717, 1.165) is 22.2 Å². The van der Waals surface area contributed by atoms with Crippen molar-refractivity contribution >= 4 is 10.9 Å². The summed E-state index contributed by atoms with van der Waals surface area (Å²) in [6, 6.07) is 14.6. The van der Waals surface area contributed by atoms with E-state index in [4.69, 9.17) is 5.11 Å². The molecule has 0 atom stereocenters. The van der Waals surface area contributed by atoms with Crippen LogP contribution in [-0.2, 0) is 0 Å². The highest BCUT2D eigenvalue weighted by molar-refractivity contribution is 5.83. The van der Waals surface area contributed by atoms with Gasteiger partial charge < -0.3 is 9.67 Å². The number of rotatable bonds is 4. The molecule has 3 nitrogen and oxygen atoms in total. The monoisotopic (exact) mass is 350 g/mol. The summed E-state index contributed by atoms with van der Waals surface area (Å²) in [5.74, 6) is 6.29. The van der Waals surface area contributed by atoms with Gasteiger partial charge >= 0.3 is 0 Å². The zero-order valence-electron chi connectivity index (χ0n) is 15.3. The highest BCUT2D eigenvalue weighted by Crippen LogP contribution is 2.22. The van der Waals surface area contributed by atoms with Gasteiger partial charge in [0.25, 0.3) is 0 Å². The molecular formula is C22H23FN2O. The molecule has 0 spiro atoms. The van der Waals surface area contributed by atoms with Crippen LogP contribution in [0.1, 0.15) is 19.4 Å². The lowest BCUT2D eigenvalue weighted by atomic mass is 10.0. The number of β-amino-alcohol motifs (C(OH)–C–C–N with tert-alkyl or cyclic N) is 1. The largest absolute Gasteiger partial charge is 0.395 e. The van der Waals surface area contributed by atoms with Crippen LogP contribution in [0.25, 0.3) is 16.6 Å². The summed E-state index contributed by atoms with van der Waals surface area (Å²) in [5, 5.41) is 10.2. The number of hydrogen-bond donors (Lipinski definition) is 1. The predicted octanol–water partition coefficient (Wildman–Crippen LogP) is 3.82. The molecule has 1 heterocycles. The third kappa shape index (κ3) is 3.80. The van der Waals surface area contributed by atoms with Crippen molar-refractivity contribution in [2.75, 3.05) is 20.2 Å². The molecular weight excluding hydrogens is 327 g/mol. The van der Waals surface area contributed by atoms with Crippen molar-refractivity contribution in [1.29, 1.82) is 0 Å². The number of fused-ring (bicyclic) bond motifs is 1. The number of nitrogens with zero attached hydrogens (tertiary/aromatic N) is 2. The summed E-state index contributed by atoms with van der Waals surface area (Å²) in [6.45, 7) is 4.78. The van der Waals surface area contributed by atoms with Gasteiger partial charge in [-0.3, -0.25) is 4.90 Å². The molecule has 3 rings (SSSR count). The number of aliphatic hydroxyl groups excluding tert-OH is 1. The van der Waals surface area contributed by atoms with Crippen LogP contribution >= 0.6 is 0 Å². The maximum absolute atomic E-state index is 13.1. The fourth-order valence-corrected chi connectivity index (χ4v) is 2.80. The van der Waals surface area contributed by atoms with Crippen LogP contribution < -0.4 is 0 Å². The third-order valence-electron chi connectivity index (χ3n) is 4.70. The van der Waals surface area contributed by atoms with E-state index in [9.17, 15) is 4.39 Å². The second-order valence-electron chi connectivity index (χ2n) is 6.89. The van der Waals surface area contributed by atoms with E-state index in [1.807, 2.05) is 54.8 Å². The Morgan fingerprint density at radius 3 is 2.54 bits per heavy atom. The second-order valence-corrected chi connectivity index (χ2v) is 6.89. The molecule has 0 fully saturated rings. The van der Waals surface area contributed by atoms with E-state index >= 15 is 0 Å². The molecule has 0 unspecified atom stereocenters. The Balaban J connectivity index is 1.90. The number of halogens is 1. The minimum absolute atomic E-state index is 0.116. The molecule has 26 heavy (non-hydrogen) atoms. The van der Waals surface area contributed by atoms with Crippen molar-refractivity contribution in [2.45, 2.75) is 19.4 Å². The topological polar surface area (TPSA) is 28.4 Å². The Bertz CT molecular complexity index is 961. The van der Waals surface area contributed by atoms with Crippen molar-refractivity contribution in [1.82, 2.24) is 9.47 Å². The average molecular weight is 350 g/mol. The van der Waals surface area contributed by atoms with Crippen molar-refractivity contribution in [3.05, 3.63) is 66.1 Å². The lowest BCUT2D eigenvalue weighted by molar-refractivity contribution is 0.162. The van der Waals surface area contributed by atoms with Gasteiger partial charge in [0.2, 0.25) is 0 Å². The van der Waals surface area contributed by atoms with Crippen LogP contribution in [0, 0.1) is 17.7 Å². The predicted molar refractivity (Wildman–Crippen MR) is 104 cm³/mol. The van der Waals surface area contributed by atoms with Crippen molar-refractivity contribution in [3.8, 4) is 17.5 Å². The zero-order valence-corrected chi connectivity index (χ0v) is 15.3. The molecule has 0 amide bonds. The normalized spacial score (nSPS) is 11.6. The second kappa shape index (κ2) is 7.33. The lowest BCUT2D eigenvalue weighted by Gasteiger charge is -2.30. The summed E-state index contributed by atoms with van der Waals surface area (Å²) in [7, 11) is 1.96. The molecule has 2 aromatic carbocycles. The van der Waals surface area contributed by atoms with Crippen LogP contribution in [0.2, 0.25) is 0 Å². The Labute approximate surface area is 153 Å². The van der Waals surface area contributed by atoms with Crippen LogP contribution in [0.5, 0.6) is 0 Å². The molecule has 134 valence electrons. The van der Waals surface area contributed by atoms with Crippen LogP contribution in [-0.4, -0.2) is 40.3 Å². The zero-order chi connectivity index (χ0) is 18.7. The molecule has 0 aliphatic carbocycles. The molecule has 0 radical (unpaired) electrons. The van der Waals surface area contributed by atoms with Gasteiger partial charge in [-0.25, -0.2) is 4.39 Å². The minimum atomic E-state index is -0.322. The summed E-state index contributed by atoms with van der Waals surface area (Å²) < 4.78 is 15.2. The fourth-order valence-electron chi connectivity index (χ4n) is 2.80. The smallest absolute Gasteiger partial charge is 0.123 e. The number of aliphatic hydroxyl groups is 1. The molecule has 1 aromatic heterocycles. The third-order valence-corrected chi connectivity index (χ3v) is 4.70. The van der Waals surface area contributed by atoms with Crippen molar-refractivity contribution < 1.29 is 9.50 Å². The Hall–Kier alpha value is -2.61. The van der Waals surface area contributed by atoms with Gasteiger partial charge in [-0.15, -0.1) is 0 Å². The first kappa shape index (κ1) is 18.2.